The standard InChI is InChI=1S/C13H13N5O4/c1-9-6-7-15-17(9)8-12(19)22-16-13(14)10-2-4-11(5-3-10)18(20)21/h2-7H,8H2,1H3,(H2,14,16). The van der Waals surface area contributed by atoms with Crippen LogP contribution in [0.25, 0.3) is 0 Å². The molecule has 9 nitrogen and oxygen atoms in total. The predicted octanol–water partition coefficient (Wildman–Crippen LogP) is 0.963. The van der Waals surface area contributed by atoms with Gasteiger partial charge in [-0.2, -0.15) is 5.10 Å². The topological polar surface area (TPSA) is 126 Å². The fourth-order valence-corrected chi connectivity index (χ4v) is 1.62. The van der Waals surface area contributed by atoms with Crippen LogP contribution in [0.5, 0.6) is 0 Å². The van der Waals surface area contributed by atoms with E-state index in [2.05, 4.69) is 10.3 Å². The molecule has 0 aliphatic rings. The van der Waals surface area contributed by atoms with Crippen LogP contribution in [-0.4, -0.2) is 26.5 Å². The van der Waals surface area contributed by atoms with Crippen LogP contribution in [0.3, 0.4) is 0 Å². The molecule has 0 amide bonds. The van der Waals surface area contributed by atoms with Gasteiger partial charge in [-0.1, -0.05) is 5.16 Å². The molecule has 2 N–H and O–H groups in total. The molecular weight excluding hydrogens is 290 g/mol. The zero-order chi connectivity index (χ0) is 16.1. The molecule has 0 fully saturated rings. The number of carbonyl (C=O) groups is 1. The van der Waals surface area contributed by atoms with Gasteiger partial charge >= 0.3 is 5.97 Å². The second kappa shape index (κ2) is 6.48. The third-order valence-corrected chi connectivity index (χ3v) is 2.83. The molecule has 22 heavy (non-hydrogen) atoms. The van der Waals surface area contributed by atoms with Gasteiger partial charge in [0.05, 0.1) is 4.92 Å². The Morgan fingerprint density at radius 2 is 2.09 bits per heavy atom. The van der Waals surface area contributed by atoms with E-state index >= 15 is 0 Å². The number of oxime groups is 1. The Bertz CT molecular complexity index is 720. The highest BCUT2D eigenvalue weighted by molar-refractivity contribution is 5.97. The normalized spacial score (nSPS) is 11.2. The average Bonchev–Trinajstić information content (AvgIpc) is 2.90. The summed E-state index contributed by atoms with van der Waals surface area (Å²) in [7, 11) is 0. The lowest BCUT2D eigenvalue weighted by Crippen LogP contribution is -2.18. The third kappa shape index (κ3) is 3.66. The van der Waals surface area contributed by atoms with Gasteiger partial charge in [0, 0.05) is 29.6 Å². The van der Waals surface area contributed by atoms with Crippen LogP contribution < -0.4 is 5.73 Å². The number of nitrogens with zero attached hydrogens (tertiary/aromatic N) is 4. The summed E-state index contributed by atoms with van der Waals surface area (Å²) >= 11 is 0. The van der Waals surface area contributed by atoms with E-state index in [-0.39, 0.29) is 18.1 Å². The highest BCUT2D eigenvalue weighted by Gasteiger charge is 2.09. The number of nitrogens with two attached hydrogens (primary N) is 1. The van der Waals surface area contributed by atoms with E-state index in [9.17, 15) is 14.9 Å². The Balaban J connectivity index is 1.98. The number of aryl methyl sites for hydroxylation is 1. The van der Waals surface area contributed by atoms with Crippen molar-refractivity contribution in [2.75, 3.05) is 0 Å². The summed E-state index contributed by atoms with van der Waals surface area (Å²) < 4.78 is 1.46. The number of hydrogen-bond acceptors (Lipinski definition) is 6. The molecule has 9 heteroatoms. The van der Waals surface area contributed by atoms with Gasteiger partial charge in [0.2, 0.25) is 0 Å². The Kier molecular flexibility index (Phi) is 4.47. The summed E-state index contributed by atoms with van der Waals surface area (Å²) in [6.45, 7) is 1.71. The lowest BCUT2D eigenvalue weighted by molar-refractivity contribution is -0.384. The molecule has 0 aliphatic heterocycles. The zero-order valence-corrected chi connectivity index (χ0v) is 11.7. The summed E-state index contributed by atoms with van der Waals surface area (Å²) in [6.07, 6.45) is 1.57. The van der Waals surface area contributed by atoms with Crippen molar-refractivity contribution in [1.82, 2.24) is 9.78 Å². The van der Waals surface area contributed by atoms with Crippen molar-refractivity contribution in [3.8, 4) is 0 Å². The third-order valence-electron chi connectivity index (χ3n) is 2.83. The van der Waals surface area contributed by atoms with Crippen LogP contribution in [0.2, 0.25) is 0 Å². The van der Waals surface area contributed by atoms with Crippen molar-refractivity contribution in [2.24, 2.45) is 10.9 Å². The van der Waals surface area contributed by atoms with Crippen LogP contribution in [0, 0.1) is 17.0 Å². The summed E-state index contributed by atoms with van der Waals surface area (Å²) in [5.41, 5.74) is 6.81. The molecule has 0 spiro atoms. The first-order chi connectivity index (χ1) is 10.5. The highest BCUT2D eigenvalue weighted by atomic mass is 16.7. The summed E-state index contributed by atoms with van der Waals surface area (Å²) in [5, 5.41) is 18.0. The van der Waals surface area contributed by atoms with Gasteiger partial charge in [0.1, 0.15) is 6.54 Å². The molecule has 0 radical (unpaired) electrons. The van der Waals surface area contributed by atoms with E-state index in [1.807, 2.05) is 0 Å². The minimum absolute atomic E-state index is 0.0552. The summed E-state index contributed by atoms with van der Waals surface area (Å²) in [6, 6.07) is 7.16. The van der Waals surface area contributed by atoms with Crippen molar-refractivity contribution in [3.05, 3.63) is 57.9 Å². The lowest BCUT2D eigenvalue weighted by atomic mass is 10.2. The van der Waals surface area contributed by atoms with Gasteiger partial charge in [0.25, 0.3) is 5.69 Å². The molecule has 2 rings (SSSR count). The van der Waals surface area contributed by atoms with Gasteiger partial charge in [-0.3, -0.25) is 14.8 Å². The van der Waals surface area contributed by atoms with E-state index in [1.54, 1.807) is 19.2 Å². The van der Waals surface area contributed by atoms with Crippen molar-refractivity contribution >= 4 is 17.5 Å². The molecule has 114 valence electrons. The second-order valence-corrected chi connectivity index (χ2v) is 4.37. The Morgan fingerprint density at radius 3 is 2.64 bits per heavy atom. The van der Waals surface area contributed by atoms with Crippen molar-refractivity contribution in [3.63, 3.8) is 0 Å². The number of hydrogen-bond donors (Lipinski definition) is 1. The van der Waals surface area contributed by atoms with Crippen LogP contribution in [0.4, 0.5) is 5.69 Å². The molecule has 2 aromatic rings. The van der Waals surface area contributed by atoms with Crippen LogP contribution >= 0.6 is 0 Å². The Hall–Kier alpha value is -3.23. The maximum absolute atomic E-state index is 11.6. The molecule has 0 unspecified atom stereocenters. The number of carbonyl (C=O) groups excluding carboxylic acids is 1. The minimum Gasteiger partial charge on any atom is -0.380 e. The van der Waals surface area contributed by atoms with E-state index in [0.717, 1.165) is 5.69 Å². The maximum atomic E-state index is 11.6. The van der Waals surface area contributed by atoms with E-state index in [4.69, 9.17) is 10.6 Å². The predicted molar refractivity (Wildman–Crippen MR) is 76.9 cm³/mol. The van der Waals surface area contributed by atoms with Crippen molar-refractivity contribution in [1.29, 1.82) is 0 Å². The monoisotopic (exact) mass is 303 g/mol. The van der Waals surface area contributed by atoms with Gasteiger partial charge in [-0.25, -0.2) is 4.79 Å². The first kappa shape index (κ1) is 15.2. The number of nitro groups is 1. The second-order valence-electron chi connectivity index (χ2n) is 4.37. The Morgan fingerprint density at radius 1 is 1.41 bits per heavy atom. The fourth-order valence-electron chi connectivity index (χ4n) is 1.62. The molecule has 0 saturated carbocycles. The summed E-state index contributed by atoms with van der Waals surface area (Å²) in [5.74, 6) is -0.683. The molecule has 0 atom stereocenters. The molecule has 0 aliphatic carbocycles. The van der Waals surface area contributed by atoms with Gasteiger partial charge < -0.3 is 10.6 Å². The fraction of sp³-hybridized carbons (Fsp3) is 0.154. The van der Waals surface area contributed by atoms with Crippen LogP contribution in [0.15, 0.2) is 41.7 Å². The molecule has 1 heterocycles. The SMILES string of the molecule is Cc1ccnn1CC(=O)O/N=C(\N)c1ccc([N+](=O)[O-])cc1. The van der Waals surface area contributed by atoms with Gasteiger partial charge in [0.15, 0.2) is 5.84 Å². The molecule has 1 aromatic heterocycles. The number of nitro benzene ring substituents is 1. The number of aromatic nitrogens is 2. The zero-order valence-electron chi connectivity index (χ0n) is 11.7. The number of benzene rings is 1. The summed E-state index contributed by atoms with van der Waals surface area (Å²) in [4.78, 5) is 26.3. The minimum atomic E-state index is -0.628. The van der Waals surface area contributed by atoms with E-state index < -0.39 is 10.9 Å². The van der Waals surface area contributed by atoms with Crippen LogP contribution in [-0.2, 0) is 16.2 Å². The highest BCUT2D eigenvalue weighted by Crippen LogP contribution is 2.11. The first-order valence-corrected chi connectivity index (χ1v) is 6.24. The smallest absolute Gasteiger partial charge is 0.356 e. The average molecular weight is 303 g/mol. The molecule has 0 saturated heterocycles. The van der Waals surface area contributed by atoms with Crippen molar-refractivity contribution in [2.45, 2.75) is 13.5 Å². The number of non-ortho nitro benzene ring substituents is 1. The number of amidine groups is 1. The van der Waals surface area contributed by atoms with Crippen molar-refractivity contribution < 1.29 is 14.6 Å². The largest absolute Gasteiger partial charge is 0.380 e. The van der Waals surface area contributed by atoms with Crippen LogP contribution in [0.1, 0.15) is 11.3 Å². The van der Waals surface area contributed by atoms with Gasteiger partial charge in [-0.15, -0.1) is 0 Å². The first-order valence-electron chi connectivity index (χ1n) is 6.24. The maximum Gasteiger partial charge on any atom is 0.356 e. The molecule has 1 aromatic carbocycles. The van der Waals surface area contributed by atoms with Gasteiger partial charge in [-0.05, 0) is 25.1 Å². The quantitative estimate of drug-likeness (QED) is 0.288. The van der Waals surface area contributed by atoms with E-state index in [1.165, 1.54) is 28.9 Å². The lowest BCUT2D eigenvalue weighted by Gasteiger charge is -2.03. The molecular formula is C13H13N5O4. The molecule has 0 bridgehead atoms. The number of rotatable bonds is 5. The van der Waals surface area contributed by atoms with E-state index in [0.29, 0.717) is 5.56 Å². The Labute approximate surface area is 125 Å².